The molecule has 5 nitrogen and oxygen atoms in total. The molecule has 0 aliphatic heterocycles. The Morgan fingerprint density at radius 3 is 2.52 bits per heavy atom. The predicted octanol–water partition coefficient (Wildman–Crippen LogP) is 3.48. The van der Waals surface area contributed by atoms with Gasteiger partial charge in [0.25, 0.3) is 5.91 Å². The lowest BCUT2D eigenvalue weighted by Gasteiger charge is -2.46. The number of likely N-dealkylation sites (N-methyl/N-ethyl adjacent to an activating group) is 1. The summed E-state index contributed by atoms with van der Waals surface area (Å²) in [6.45, 7) is 2.46. The fourth-order valence-electron chi connectivity index (χ4n) is 4.16. The first-order valence-corrected chi connectivity index (χ1v) is 10.8. The van der Waals surface area contributed by atoms with Gasteiger partial charge in [-0.15, -0.1) is 11.6 Å². The van der Waals surface area contributed by atoms with Crippen molar-refractivity contribution >= 4 is 23.4 Å². The molecule has 2 amide bonds. The number of halogens is 2. The Kier molecular flexibility index (Phi) is 6.84. The van der Waals surface area contributed by atoms with E-state index >= 15 is 4.39 Å². The van der Waals surface area contributed by atoms with E-state index in [2.05, 4.69) is 17.6 Å². The zero-order chi connectivity index (χ0) is 21.1. The zero-order valence-corrected chi connectivity index (χ0v) is 18.0. The van der Waals surface area contributed by atoms with Gasteiger partial charge in [0, 0.05) is 36.5 Å². The van der Waals surface area contributed by atoms with Gasteiger partial charge in [0.15, 0.2) is 5.79 Å². The van der Waals surface area contributed by atoms with E-state index < -0.39 is 11.2 Å². The molecular weight excluding hydrogens is 393 g/mol. The van der Waals surface area contributed by atoms with Crippen LogP contribution in [0.25, 0.3) is 0 Å². The van der Waals surface area contributed by atoms with Crippen molar-refractivity contribution in [2.75, 3.05) is 20.1 Å². The molecule has 160 valence electrons. The Morgan fingerprint density at radius 1 is 1.24 bits per heavy atom. The van der Waals surface area contributed by atoms with Gasteiger partial charge < -0.3 is 10.2 Å². The molecule has 0 heterocycles. The molecule has 0 spiro atoms. The summed E-state index contributed by atoms with van der Waals surface area (Å²) >= 11 is 6.45. The van der Waals surface area contributed by atoms with E-state index in [1.807, 2.05) is 18.2 Å². The van der Waals surface area contributed by atoms with Gasteiger partial charge in [-0.05, 0) is 57.1 Å². The average Bonchev–Trinajstić information content (AvgIpc) is 2.69. The monoisotopic (exact) mass is 423 g/mol. The van der Waals surface area contributed by atoms with Gasteiger partial charge in [-0.3, -0.25) is 14.9 Å². The molecule has 0 saturated heterocycles. The summed E-state index contributed by atoms with van der Waals surface area (Å²) in [5.74, 6) is -1.89. The van der Waals surface area contributed by atoms with Crippen molar-refractivity contribution in [3.8, 4) is 0 Å². The molecule has 3 atom stereocenters. The highest BCUT2D eigenvalue weighted by Gasteiger charge is 2.42. The maximum absolute atomic E-state index is 15.2. The van der Waals surface area contributed by atoms with Crippen molar-refractivity contribution in [3.63, 3.8) is 0 Å². The minimum atomic E-state index is -1.65. The van der Waals surface area contributed by atoms with Crippen LogP contribution in [-0.2, 0) is 4.79 Å². The summed E-state index contributed by atoms with van der Waals surface area (Å²) in [4.78, 5) is 26.4. The quantitative estimate of drug-likeness (QED) is 0.521. The van der Waals surface area contributed by atoms with Crippen molar-refractivity contribution in [1.29, 1.82) is 0 Å². The van der Waals surface area contributed by atoms with Crippen molar-refractivity contribution < 1.29 is 14.0 Å². The molecular formula is C22H31ClFN3O2. The number of alkyl halides is 2. The smallest absolute Gasteiger partial charge is 0.251 e. The first-order valence-electron chi connectivity index (χ1n) is 10.4. The number of carbonyl (C=O) groups excluding carboxylic acids is 2. The van der Waals surface area contributed by atoms with Crippen molar-refractivity contribution in [2.45, 2.75) is 62.2 Å². The van der Waals surface area contributed by atoms with Gasteiger partial charge in [-0.25, -0.2) is 4.39 Å². The van der Waals surface area contributed by atoms with Crippen LogP contribution in [0.1, 0.15) is 55.8 Å². The average molecular weight is 424 g/mol. The van der Waals surface area contributed by atoms with Crippen molar-refractivity contribution in [3.05, 3.63) is 35.9 Å². The lowest BCUT2D eigenvalue weighted by Crippen LogP contribution is -2.57. The van der Waals surface area contributed by atoms with Gasteiger partial charge in [0.2, 0.25) is 5.91 Å². The van der Waals surface area contributed by atoms with Crippen LogP contribution in [0.2, 0.25) is 0 Å². The van der Waals surface area contributed by atoms with Crippen LogP contribution >= 0.6 is 11.6 Å². The fourth-order valence-corrected chi connectivity index (χ4v) is 4.62. The number of carbonyl (C=O) groups is 2. The molecule has 0 radical (unpaired) electrons. The predicted molar refractivity (Wildman–Crippen MR) is 113 cm³/mol. The Hall–Kier alpha value is -1.66. The van der Waals surface area contributed by atoms with Gasteiger partial charge in [0.1, 0.15) is 0 Å². The molecule has 2 saturated carbocycles. The van der Waals surface area contributed by atoms with Crippen LogP contribution in [0.4, 0.5) is 4.39 Å². The van der Waals surface area contributed by atoms with E-state index in [1.54, 1.807) is 24.1 Å². The third kappa shape index (κ3) is 5.28. The van der Waals surface area contributed by atoms with E-state index in [0.29, 0.717) is 18.5 Å². The molecule has 2 fully saturated rings. The third-order valence-electron chi connectivity index (χ3n) is 6.67. The van der Waals surface area contributed by atoms with Crippen molar-refractivity contribution in [2.24, 2.45) is 5.92 Å². The number of benzene rings is 1. The zero-order valence-electron chi connectivity index (χ0n) is 17.2. The number of nitrogens with one attached hydrogen (secondary N) is 2. The molecule has 1 aromatic rings. The summed E-state index contributed by atoms with van der Waals surface area (Å²) in [5, 5.41) is 5.30. The highest BCUT2D eigenvalue weighted by Crippen LogP contribution is 2.38. The standard InChI is InChI=1S/C22H31ClFN3O2/c1-21(10-6-11-21)27(2)19(28)15-26-22(24)12-9-17(18(23)13-22)14-25-20(29)16-7-4-3-5-8-16/h3-5,7-8,17-18,26H,6,9-15H2,1-2H3,(H,25,29)/t17-,18-,22+/m0/s1. The van der Waals surface area contributed by atoms with E-state index in [-0.39, 0.29) is 42.7 Å². The summed E-state index contributed by atoms with van der Waals surface area (Å²) in [7, 11) is 1.80. The largest absolute Gasteiger partial charge is 0.352 e. The van der Waals surface area contributed by atoms with Crippen LogP contribution in [0.3, 0.4) is 0 Å². The minimum Gasteiger partial charge on any atom is -0.352 e. The normalized spacial score (nSPS) is 28.3. The second-order valence-electron chi connectivity index (χ2n) is 8.72. The maximum Gasteiger partial charge on any atom is 0.251 e. The molecule has 0 bridgehead atoms. The molecule has 7 heteroatoms. The molecule has 29 heavy (non-hydrogen) atoms. The Balaban J connectivity index is 1.44. The summed E-state index contributed by atoms with van der Waals surface area (Å²) in [6.07, 6.45) is 4.07. The molecule has 2 aliphatic carbocycles. The fraction of sp³-hybridized carbons (Fsp3) is 0.636. The highest BCUT2D eigenvalue weighted by atomic mass is 35.5. The number of rotatable bonds is 7. The van der Waals surface area contributed by atoms with Crippen LogP contribution in [0.15, 0.2) is 30.3 Å². The third-order valence-corrected chi connectivity index (χ3v) is 7.18. The molecule has 2 aliphatic rings. The molecule has 3 rings (SSSR count). The first-order chi connectivity index (χ1) is 13.7. The maximum atomic E-state index is 15.2. The summed E-state index contributed by atoms with van der Waals surface area (Å²) < 4.78 is 15.2. The number of hydrogen-bond acceptors (Lipinski definition) is 3. The van der Waals surface area contributed by atoms with Crippen LogP contribution in [-0.4, -0.2) is 53.6 Å². The number of nitrogens with zero attached hydrogens (tertiary/aromatic N) is 1. The lowest BCUT2D eigenvalue weighted by atomic mass is 9.77. The summed E-state index contributed by atoms with van der Waals surface area (Å²) in [5.41, 5.74) is 0.505. The van der Waals surface area contributed by atoms with Crippen molar-refractivity contribution in [1.82, 2.24) is 15.5 Å². The van der Waals surface area contributed by atoms with E-state index in [4.69, 9.17) is 11.6 Å². The Bertz CT molecular complexity index is 728. The van der Waals surface area contributed by atoms with Crippen LogP contribution in [0, 0.1) is 5.92 Å². The van der Waals surface area contributed by atoms with Gasteiger partial charge in [0.05, 0.1) is 6.54 Å². The van der Waals surface area contributed by atoms with E-state index in [0.717, 1.165) is 19.3 Å². The van der Waals surface area contributed by atoms with Gasteiger partial charge >= 0.3 is 0 Å². The summed E-state index contributed by atoms with van der Waals surface area (Å²) in [6, 6.07) is 8.99. The second kappa shape index (κ2) is 9.00. The van der Waals surface area contributed by atoms with Gasteiger partial charge in [-0.1, -0.05) is 18.2 Å². The van der Waals surface area contributed by atoms with Gasteiger partial charge in [-0.2, -0.15) is 0 Å². The number of amides is 2. The van der Waals surface area contributed by atoms with E-state index in [1.165, 1.54) is 0 Å². The number of hydrogen-bond donors (Lipinski definition) is 2. The highest BCUT2D eigenvalue weighted by molar-refractivity contribution is 6.21. The minimum absolute atomic E-state index is 0.00210. The first kappa shape index (κ1) is 22.0. The Labute approximate surface area is 177 Å². The van der Waals surface area contributed by atoms with Crippen LogP contribution < -0.4 is 10.6 Å². The molecule has 2 N–H and O–H groups in total. The molecule has 0 unspecified atom stereocenters. The SMILES string of the molecule is CN(C(=O)CN[C@]1(F)CC[C@@H](CNC(=O)c2ccccc2)[C@@H](Cl)C1)C1(C)CCC1. The Morgan fingerprint density at radius 2 is 1.93 bits per heavy atom. The molecule has 0 aromatic heterocycles. The second-order valence-corrected chi connectivity index (χ2v) is 9.28. The van der Waals surface area contributed by atoms with E-state index in [9.17, 15) is 9.59 Å². The van der Waals surface area contributed by atoms with Crippen LogP contribution in [0.5, 0.6) is 0 Å². The molecule has 1 aromatic carbocycles. The lowest BCUT2D eigenvalue weighted by molar-refractivity contribution is -0.138. The topological polar surface area (TPSA) is 61.4 Å².